The Kier molecular flexibility index (Phi) is 3.89. The summed E-state index contributed by atoms with van der Waals surface area (Å²) in [6, 6.07) is 8.94. The molecule has 22 heavy (non-hydrogen) atoms. The Morgan fingerprint density at radius 3 is 2.59 bits per heavy atom. The van der Waals surface area contributed by atoms with E-state index in [1.807, 2.05) is 0 Å². The maximum absolute atomic E-state index is 4.60. The van der Waals surface area contributed by atoms with Crippen molar-refractivity contribution in [1.82, 2.24) is 0 Å². The molecule has 3 unspecified atom stereocenters. The first kappa shape index (κ1) is 15.3. The molecule has 2 aliphatic rings. The highest BCUT2D eigenvalue weighted by Gasteiger charge is 2.52. The molecule has 3 rings (SSSR count). The molecule has 1 aromatic rings. The van der Waals surface area contributed by atoms with Gasteiger partial charge in [-0.05, 0) is 53.9 Å². The van der Waals surface area contributed by atoms with E-state index in [2.05, 4.69) is 64.3 Å². The van der Waals surface area contributed by atoms with Crippen molar-refractivity contribution >= 4 is 5.57 Å². The largest absolute Gasteiger partial charge is 0.0987 e. The van der Waals surface area contributed by atoms with Crippen molar-refractivity contribution in [2.24, 2.45) is 11.8 Å². The van der Waals surface area contributed by atoms with Crippen molar-refractivity contribution in [1.29, 1.82) is 0 Å². The minimum Gasteiger partial charge on any atom is -0.0987 e. The van der Waals surface area contributed by atoms with Gasteiger partial charge < -0.3 is 0 Å². The summed E-state index contributed by atoms with van der Waals surface area (Å²) < 4.78 is 0. The van der Waals surface area contributed by atoms with Gasteiger partial charge in [-0.2, -0.15) is 0 Å². The zero-order chi connectivity index (χ0) is 15.9. The van der Waals surface area contributed by atoms with E-state index in [0.29, 0.717) is 5.92 Å². The number of fused-ring (bicyclic) bond motifs is 2. The fraction of sp³-hybridized carbons (Fsp3) is 0.455. The number of rotatable bonds is 3. The maximum atomic E-state index is 4.60. The second kappa shape index (κ2) is 5.57. The Morgan fingerprint density at radius 1 is 1.23 bits per heavy atom. The predicted octanol–water partition coefficient (Wildman–Crippen LogP) is 6.30. The second-order valence-electron chi connectivity index (χ2n) is 7.02. The van der Waals surface area contributed by atoms with Gasteiger partial charge in [-0.15, -0.1) is 0 Å². The van der Waals surface area contributed by atoms with Crippen LogP contribution in [0.25, 0.3) is 5.57 Å². The highest BCUT2D eigenvalue weighted by Crippen LogP contribution is 2.60. The summed E-state index contributed by atoms with van der Waals surface area (Å²) in [5, 5.41) is 0. The Labute approximate surface area is 135 Å². The lowest BCUT2D eigenvalue weighted by molar-refractivity contribution is 0.223. The quantitative estimate of drug-likeness (QED) is 0.573. The summed E-state index contributed by atoms with van der Waals surface area (Å²) in [7, 11) is 0. The molecule has 0 aliphatic heterocycles. The van der Waals surface area contributed by atoms with E-state index in [4.69, 9.17) is 0 Å². The molecular formula is C22H28. The molecule has 0 amide bonds. The molecule has 0 heteroatoms. The van der Waals surface area contributed by atoms with Gasteiger partial charge in [0.2, 0.25) is 0 Å². The molecule has 0 radical (unpaired) electrons. The van der Waals surface area contributed by atoms with Crippen molar-refractivity contribution in [2.75, 3.05) is 0 Å². The van der Waals surface area contributed by atoms with Gasteiger partial charge in [-0.1, -0.05) is 75.8 Å². The third-order valence-corrected chi connectivity index (χ3v) is 6.18. The van der Waals surface area contributed by atoms with Crippen LogP contribution in [0.4, 0.5) is 0 Å². The predicted molar refractivity (Wildman–Crippen MR) is 96.8 cm³/mol. The van der Waals surface area contributed by atoms with Gasteiger partial charge in [0.25, 0.3) is 0 Å². The molecule has 0 heterocycles. The molecule has 116 valence electrons. The van der Waals surface area contributed by atoms with Crippen LogP contribution in [0.1, 0.15) is 57.6 Å². The summed E-state index contributed by atoms with van der Waals surface area (Å²) in [4.78, 5) is 0. The van der Waals surface area contributed by atoms with Crippen LogP contribution in [0.3, 0.4) is 0 Å². The topological polar surface area (TPSA) is 0 Å². The Balaban J connectivity index is 2.26. The molecule has 0 aromatic heterocycles. The lowest BCUT2D eigenvalue weighted by atomic mass is 9.55. The Bertz CT molecular complexity index is 646. The van der Waals surface area contributed by atoms with Gasteiger partial charge >= 0.3 is 0 Å². The molecule has 1 aromatic carbocycles. The molecule has 0 nitrogen and oxygen atoms in total. The third kappa shape index (κ3) is 1.82. The first-order chi connectivity index (χ1) is 10.6. The summed E-state index contributed by atoms with van der Waals surface area (Å²) in [5.41, 5.74) is 7.14. The first-order valence-electron chi connectivity index (χ1n) is 8.73. The molecule has 0 N–H and O–H groups in total. The van der Waals surface area contributed by atoms with E-state index in [0.717, 1.165) is 12.3 Å². The van der Waals surface area contributed by atoms with E-state index in [1.165, 1.54) is 47.1 Å². The zero-order valence-electron chi connectivity index (χ0n) is 14.3. The van der Waals surface area contributed by atoms with Crippen LogP contribution in [0, 0.1) is 11.8 Å². The first-order valence-corrected chi connectivity index (χ1v) is 8.73. The highest BCUT2D eigenvalue weighted by molar-refractivity contribution is 5.83. The van der Waals surface area contributed by atoms with Crippen LogP contribution in [0.15, 0.2) is 54.6 Å². The summed E-state index contributed by atoms with van der Waals surface area (Å²) in [5.74, 6) is 1.44. The molecule has 3 atom stereocenters. The highest BCUT2D eigenvalue weighted by atomic mass is 14.5. The third-order valence-electron chi connectivity index (χ3n) is 6.18. The molecule has 0 bridgehead atoms. The van der Waals surface area contributed by atoms with Gasteiger partial charge in [-0.3, -0.25) is 0 Å². The van der Waals surface area contributed by atoms with Gasteiger partial charge in [0.1, 0.15) is 0 Å². The van der Waals surface area contributed by atoms with Crippen LogP contribution in [-0.4, -0.2) is 0 Å². The monoisotopic (exact) mass is 292 g/mol. The SMILES string of the molecule is C=CC1=C(C)c2ccccc2C12C(=C)CC(CC)CC2CC. The van der Waals surface area contributed by atoms with Crippen molar-refractivity contribution < 1.29 is 0 Å². The maximum Gasteiger partial charge on any atom is 0.0445 e. The minimum absolute atomic E-state index is 0.0167. The van der Waals surface area contributed by atoms with Gasteiger partial charge in [0.15, 0.2) is 0 Å². The molecule has 1 spiro atoms. The number of hydrogen-bond acceptors (Lipinski definition) is 0. The van der Waals surface area contributed by atoms with Gasteiger partial charge in [0.05, 0.1) is 0 Å². The lowest BCUT2D eigenvalue weighted by Crippen LogP contribution is -2.42. The van der Waals surface area contributed by atoms with Gasteiger partial charge in [0, 0.05) is 5.41 Å². The average molecular weight is 292 g/mol. The minimum atomic E-state index is 0.0167. The molecule has 0 saturated heterocycles. The zero-order valence-corrected chi connectivity index (χ0v) is 14.3. The standard InChI is InChI=1S/C22H28/c1-6-17-13-15(4)22(18(7-2)14-17)20(8-3)16(5)19-11-9-10-12-21(19)22/h8-12,17-18H,3-4,6-7,13-14H2,1-2,5H3. The molecule has 2 aliphatic carbocycles. The van der Waals surface area contributed by atoms with Crippen LogP contribution in [0.5, 0.6) is 0 Å². The summed E-state index contributed by atoms with van der Waals surface area (Å²) in [6.45, 7) is 15.7. The second-order valence-corrected chi connectivity index (χ2v) is 7.02. The van der Waals surface area contributed by atoms with E-state index in [9.17, 15) is 0 Å². The van der Waals surface area contributed by atoms with E-state index in [1.54, 1.807) is 0 Å². The molecular weight excluding hydrogens is 264 g/mol. The normalized spacial score (nSPS) is 30.8. The summed E-state index contributed by atoms with van der Waals surface area (Å²) in [6.07, 6.45) is 7.04. The molecule has 1 fully saturated rings. The van der Waals surface area contributed by atoms with E-state index in [-0.39, 0.29) is 5.41 Å². The average Bonchev–Trinajstić information content (AvgIpc) is 2.80. The fourth-order valence-electron chi connectivity index (χ4n) is 5.12. The van der Waals surface area contributed by atoms with Crippen LogP contribution >= 0.6 is 0 Å². The smallest absolute Gasteiger partial charge is 0.0445 e. The van der Waals surface area contributed by atoms with Crippen LogP contribution in [0.2, 0.25) is 0 Å². The Morgan fingerprint density at radius 2 is 1.95 bits per heavy atom. The number of hydrogen-bond donors (Lipinski definition) is 0. The summed E-state index contributed by atoms with van der Waals surface area (Å²) >= 11 is 0. The molecule has 1 saturated carbocycles. The van der Waals surface area contributed by atoms with E-state index < -0.39 is 0 Å². The number of allylic oxidation sites excluding steroid dienone is 4. The van der Waals surface area contributed by atoms with Gasteiger partial charge in [-0.25, -0.2) is 0 Å². The van der Waals surface area contributed by atoms with Crippen molar-refractivity contribution in [3.05, 3.63) is 65.8 Å². The Hall–Kier alpha value is -1.56. The van der Waals surface area contributed by atoms with Crippen LogP contribution < -0.4 is 0 Å². The lowest BCUT2D eigenvalue weighted by Gasteiger charge is -2.48. The van der Waals surface area contributed by atoms with Crippen molar-refractivity contribution in [2.45, 2.75) is 51.9 Å². The van der Waals surface area contributed by atoms with Crippen molar-refractivity contribution in [3.63, 3.8) is 0 Å². The fourth-order valence-corrected chi connectivity index (χ4v) is 5.12. The van der Waals surface area contributed by atoms with E-state index >= 15 is 0 Å². The number of benzene rings is 1. The van der Waals surface area contributed by atoms with Crippen LogP contribution in [-0.2, 0) is 5.41 Å². The van der Waals surface area contributed by atoms with Crippen molar-refractivity contribution in [3.8, 4) is 0 Å².